The van der Waals surface area contributed by atoms with Gasteiger partial charge in [0, 0.05) is 13.1 Å². The van der Waals surface area contributed by atoms with Crippen LogP contribution in [0.3, 0.4) is 0 Å². The minimum Gasteiger partial charge on any atom is -0.469 e. The van der Waals surface area contributed by atoms with E-state index in [4.69, 9.17) is 4.74 Å². The average Bonchev–Trinajstić information content (AvgIpc) is 3.06. The number of carbonyl (C=O) groups excluding carboxylic acids is 2. The third-order valence-electron chi connectivity index (χ3n) is 3.25. The van der Waals surface area contributed by atoms with Crippen LogP contribution in [-0.4, -0.2) is 46.6 Å². The second kappa shape index (κ2) is 6.10. The number of carbonyl (C=O) groups is 2. The number of aryl methyl sites for hydroxylation is 1. The van der Waals surface area contributed by atoms with Crippen molar-refractivity contribution in [1.82, 2.24) is 14.5 Å². The van der Waals surface area contributed by atoms with Gasteiger partial charge in [0.1, 0.15) is 4.88 Å². The van der Waals surface area contributed by atoms with Crippen LogP contribution in [0.25, 0.3) is 0 Å². The van der Waals surface area contributed by atoms with Crippen LogP contribution in [0.15, 0.2) is 0 Å². The predicted octanol–water partition coefficient (Wildman–Crippen LogP) is 1.13. The van der Waals surface area contributed by atoms with Crippen LogP contribution in [0.2, 0.25) is 0 Å². The number of hydrogen-bond acceptors (Lipinski definition) is 6. The van der Waals surface area contributed by atoms with Gasteiger partial charge in [0.25, 0.3) is 5.91 Å². The highest BCUT2D eigenvalue weighted by atomic mass is 32.1. The van der Waals surface area contributed by atoms with Gasteiger partial charge in [-0.15, -0.1) is 5.10 Å². The number of nitrogens with zero attached hydrogens (tertiary/aromatic N) is 3. The molecule has 104 valence electrons. The first-order chi connectivity index (χ1) is 9.17. The third kappa shape index (κ3) is 2.91. The van der Waals surface area contributed by atoms with Crippen molar-refractivity contribution in [2.24, 2.45) is 5.92 Å². The molecule has 1 unspecified atom stereocenters. The van der Waals surface area contributed by atoms with E-state index in [1.165, 1.54) is 7.11 Å². The summed E-state index contributed by atoms with van der Waals surface area (Å²) in [4.78, 5) is 26.1. The molecule has 2 rings (SSSR count). The van der Waals surface area contributed by atoms with Gasteiger partial charge >= 0.3 is 5.97 Å². The first-order valence-corrected chi connectivity index (χ1v) is 7.13. The first-order valence-electron chi connectivity index (χ1n) is 6.35. The summed E-state index contributed by atoms with van der Waals surface area (Å²) < 4.78 is 8.57. The topological polar surface area (TPSA) is 72.4 Å². The Labute approximate surface area is 115 Å². The fourth-order valence-corrected chi connectivity index (χ4v) is 2.90. The van der Waals surface area contributed by atoms with Gasteiger partial charge in [-0.1, -0.05) is 17.8 Å². The zero-order valence-corrected chi connectivity index (χ0v) is 11.9. The molecule has 0 aliphatic carbocycles. The zero-order chi connectivity index (χ0) is 13.8. The highest BCUT2D eigenvalue weighted by molar-refractivity contribution is 7.08. The maximum Gasteiger partial charge on any atom is 0.310 e. The van der Waals surface area contributed by atoms with Crippen LogP contribution in [0.1, 0.15) is 35.1 Å². The summed E-state index contributed by atoms with van der Waals surface area (Å²) in [5.74, 6) is -0.513. The Morgan fingerprint density at radius 1 is 1.53 bits per heavy atom. The molecule has 0 bridgehead atoms. The van der Waals surface area contributed by atoms with Crippen molar-refractivity contribution in [3.05, 3.63) is 10.6 Å². The van der Waals surface area contributed by atoms with Crippen LogP contribution in [0.4, 0.5) is 0 Å². The van der Waals surface area contributed by atoms with Gasteiger partial charge in [-0.2, -0.15) is 0 Å². The number of amides is 1. The van der Waals surface area contributed by atoms with Gasteiger partial charge in [-0.25, -0.2) is 0 Å². The molecule has 1 fully saturated rings. The van der Waals surface area contributed by atoms with Crippen molar-refractivity contribution in [1.29, 1.82) is 0 Å². The number of rotatable bonds is 4. The molecule has 1 saturated heterocycles. The Hall–Kier alpha value is -1.50. The van der Waals surface area contributed by atoms with Gasteiger partial charge in [0.15, 0.2) is 0 Å². The lowest BCUT2D eigenvalue weighted by molar-refractivity contribution is -0.144. The van der Waals surface area contributed by atoms with Crippen molar-refractivity contribution in [3.8, 4) is 0 Å². The molecule has 1 aromatic rings. The number of likely N-dealkylation sites (tertiary alicyclic amines) is 1. The van der Waals surface area contributed by atoms with Crippen molar-refractivity contribution >= 4 is 23.4 Å². The molecule has 0 N–H and O–H groups in total. The zero-order valence-electron chi connectivity index (χ0n) is 11.1. The van der Waals surface area contributed by atoms with Gasteiger partial charge < -0.3 is 9.64 Å². The molecule has 6 nitrogen and oxygen atoms in total. The molecular formula is C12H17N3O3S. The molecule has 7 heteroatoms. The summed E-state index contributed by atoms with van der Waals surface area (Å²) in [6.07, 6.45) is 2.34. The Bertz CT molecular complexity index is 475. The predicted molar refractivity (Wildman–Crippen MR) is 69.9 cm³/mol. The Morgan fingerprint density at radius 3 is 3.00 bits per heavy atom. The first kappa shape index (κ1) is 13.9. The molecule has 1 aliphatic heterocycles. The largest absolute Gasteiger partial charge is 0.469 e. The summed E-state index contributed by atoms with van der Waals surface area (Å²) >= 11 is 1.13. The molecule has 1 aliphatic rings. The number of hydrogen-bond donors (Lipinski definition) is 0. The summed E-state index contributed by atoms with van der Waals surface area (Å²) in [7, 11) is 1.37. The van der Waals surface area contributed by atoms with E-state index in [9.17, 15) is 9.59 Å². The molecule has 1 aromatic heterocycles. The monoisotopic (exact) mass is 283 g/mol. The summed E-state index contributed by atoms with van der Waals surface area (Å²) in [6, 6.07) is 0. The van der Waals surface area contributed by atoms with E-state index in [1.807, 2.05) is 6.92 Å². The number of methoxy groups -OCH3 is 1. The van der Waals surface area contributed by atoms with Crippen molar-refractivity contribution in [3.63, 3.8) is 0 Å². The summed E-state index contributed by atoms with van der Waals surface area (Å²) in [6.45, 7) is 3.05. The van der Waals surface area contributed by atoms with E-state index in [-0.39, 0.29) is 17.8 Å². The second-order valence-corrected chi connectivity index (χ2v) is 5.31. The quantitative estimate of drug-likeness (QED) is 0.774. The highest BCUT2D eigenvalue weighted by Gasteiger charge is 2.33. The Kier molecular flexibility index (Phi) is 4.47. The lowest BCUT2D eigenvalue weighted by atomic mass is 10.1. The lowest BCUT2D eigenvalue weighted by Crippen LogP contribution is -2.30. The number of ether oxygens (including phenoxy) is 1. The summed E-state index contributed by atoms with van der Waals surface area (Å²) in [5, 5.41) is 4.00. The van der Waals surface area contributed by atoms with Gasteiger partial charge in [-0.05, 0) is 24.4 Å². The normalized spacial score (nSPS) is 18.6. The number of aromatic nitrogens is 2. The van der Waals surface area contributed by atoms with Gasteiger partial charge in [0.05, 0.1) is 18.7 Å². The van der Waals surface area contributed by atoms with Crippen LogP contribution in [0, 0.1) is 5.92 Å². The molecule has 0 radical (unpaired) electrons. The van der Waals surface area contributed by atoms with Gasteiger partial charge in [-0.3, -0.25) is 9.59 Å². The van der Waals surface area contributed by atoms with E-state index in [2.05, 4.69) is 9.59 Å². The van der Waals surface area contributed by atoms with Crippen molar-refractivity contribution < 1.29 is 14.3 Å². The van der Waals surface area contributed by atoms with Gasteiger partial charge in [0.2, 0.25) is 0 Å². The van der Waals surface area contributed by atoms with E-state index in [0.717, 1.165) is 30.1 Å². The smallest absolute Gasteiger partial charge is 0.310 e. The maximum atomic E-state index is 12.4. The van der Waals surface area contributed by atoms with Crippen LogP contribution < -0.4 is 0 Å². The fraction of sp³-hybridized carbons (Fsp3) is 0.667. The standard InChI is InChI=1S/C12H17N3O3S/c1-3-4-9-10(19-14-13-9)11(16)15-6-5-8(7-15)12(17)18-2/h8H,3-7H2,1-2H3. The minimum absolute atomic E-state index is 0.0650. The lowest BCUT2D eigenvalue weighted by Gasteiger charge is -2.15. The van der Waals surface area contributed by atoms with Crippen molar-refractivity contribution in [2.45, 2.75) is 26.2 Å². The molecule has 1 amide bonds. The summed E-state index contributed by atoms with van der Waals surface area (Å²) in [5.41, 5.74) is 0.763. The maximum absolute atomic E-state index is 12.4. The van der Waals surface area contributed by atoms with E-state index < -0.39 is 0 Å². The third-order valence-corrected chi connectivity index (χ3v) is 4.00. The average molecular weight is 283 g/mol. The molecule has 1 atom stereocenters. The van der Waals surface area contributed by atoms with E-state index >= 15 is 0 Å². The minimum atomic E-state index is -0.244. The molecule has 0 saturated carbocycles. The van der Waals surface area contributed by atoms with E-state index in [1.54, 1.807) is 4.90 Å². The number of esters is 1. The SMILES string of the molecule is CCCc1nnsc1C(=O)N1CCC(C(=O)OC)C1. The van der Waals surface area contributed by atoms with Crippen molar-refractivity contribution in [2.75, 3.05) is 20.2 Å². The van der Waals surface area contributed by atoms with Crippen LogP contribution in [0.5, 0.6) is 0 Å². The Balaban J connectivity index is 2.05. The van der Waals surface area contributed by atoms with Crippen LogP contribution in [-0.2, 0) is 16.0 Å². The molecule has 0 aromatic carbocycles. The van der Waals surface area contributed by atoms with E-state index in [0.29, 0.717) is 24.4 Å². The molecular weight excluding hydrogens is 266 g/mol. The highest BCUT2D eigenvalue weighted by Crippen LogP contribution is 2.22. The molecule has 19 heavy (non-hydrogen) atoms. The van der Waals surface area contributed by atoms with Crippen LogP contribution >= 0.6 is 11.5 Å². The fourth-order valence-electron chi connectivity index (χ4n) is 2.22. The molecule has 2 heterocycles. The molecule has 0 spiro atoms. The Morgan fingerprint density at radius 2 is 2.32 bits per heavy atom. The second-order valence-electron chi connectivity index (χ2n) is 4.56.